The van der Waals surface area contributed by atoms with Crippen molar-refractivity contribution in [3.05, 3.63) is 53.6 Å². The quantitative estimate of drug-likeness (QED) is 0.812. The molecule has 7 heteroatoms. The van der Waals surface area contributed by atoms with Crippen LogP contribution in [0.15, 0.2) is 42.5 Å². The number of amides is 2. The van der Waals surface area contributed by atoms with E-state index in [9.17, 15) is 19.8 Å². The maximum absolute atomic E-state index is 12.9. The lowest BCUT2D eigenvalue weighted by Gasteiger charge is -2.35. The number of piperazine rings is 1. The molecule has 1 saturated carbocycles. The first-order chi connectivity index (χ1) is 14.5. The van der Waals surface area contributed by atoms with Crippen molar-refractivity contribution in [2.45, 2.75) is 24.9 Å². The molecule has 0 atom stereocenters. The second kappa shape index (κ2) is 7.02. The zero-order valence-corrected chi connectivity index (χ0v) is 16.8. The van der Waals surface area contributed by atoms with Gasteiger partial charge in [-0.2, -0.15) is 0 Å². The first kappa shape index (κ1) is 18.9. The van der Waals surface area contributed by atoms with E-state index in [0.29, 0.717) is 44.6 Å². The van der Waals surface area contributed by atoms with Crippen LogP contribution in [0.2, 0.25) is 0 Å². The summed E-state index contributed by atoms with van der Waals surface area (Å²) in [6, 6.07) is 13.0. The summed E-state index contributed by atoms with van der Waals surface area (Å²) in [5.74, 6) is 0.0185. The molecule has 2 fully saturated rings. The van der Waals surface area contributed by atoms with Gasteiger partial charge in [0.2, 0.25) is 0 Å². The molecular weight excluding hydrogens is 382 g/mol. The number of para-hydroxylation sites is 1. The molecule has 30 heavy (non-hydrogen) atoms. The molecule has 0 aromatic heterocycles. The lowest BCUT2D eigenvalue weighted by Crippen LogP contribution is -2.53. The largest absolute Gasteiger partial charge is 0.506 e. The van der Waals surface area contributed by atoms with Crippen LogP contribution in [-0.2, 0) is 11.2 Å². The van der Waals surface area contributed by atoms with Crippen LogP contribution in [-0.4, -0.2) is 70.2 Å². The molecule has 0 unspecified atom stereocenters. The number of benzene rings is 2. The third kappa shape index (κ3) is 3.19. The Morgan fingerprint density at radius 1 is 0.867 bits per heavy atom. The third-order valence-electron chi connectivity index (χ3n) is 6.37. The zero-order valence-electron chi connectivity index (χ0n) is 16.8. The molecule has 0 bridgehead atoms. The minimum absolute atomic E-state index is 0.0524. The fourth-order valence-electron chi connectivity index (χ4n) is 4.40. The van der Waals surface area contributed by atoms with Crippen molar-refractivity contribution in [1.82, 2.24) is 9.80 Å². The van der Waals surface area contributed by atoms with Gasteiger partial charge in [0.05, 0.1) is 5.69 Å². The highest BCUT2D eigenvalue weighted by molar-refractivity contribution is 5.95. The molecule has 1 aliphatic carbocycles. The average molecular weight is 407 g/mol. The summed E-state index contributed by atoms with van der Waals surface area (Å²) in [6.45, 7) is 2.64. The summed E-state index contributed by atoms with van der Waals surface area (Å²) in [5.41, 5.74) is 2.37. The summed E-state index contributed by atoms with van der Waals surface area (Å²) in [4.78, 5) is 30.6. The Balaban J connectivity index is 1.25. The number of nitrogens with zero attached hydrogens (tertiary/aromatic N) is 3. The highest BCUT2D eigenvalue weighted by Gasteiger charge is 2.50. The van der Waals surface area contributed by atoms with Crippen LogP contribution in [0, 0.1) is 0 Å². The van der Waals surface area contributed by atoms with Crippen LogP contribution in [0.3, 0.4) is 0 Å². The maximum atomic E-state index is 12.9. The van der Waals surface area contributed by atoms with Crippen LogP contribution >= 0.6 is 0 Å². The van der Waals surface area contributed by atoms with E-state index in [1.807, 2.05) is 36.4 Å². The van der Waals surface area contributed by atoms with Crippen LogP contribution in [0.5, 0.6) is 5.75 Å². The van der Waals surface area contributed by atoms with Gasteiger partial charge in [-0.3, -0.25) is 9.59 Å². The molecule has 2 heterocycles. The predicted molar refractivity (Wildman–Crippen MR) is 112 cm³/mol. The zero-order chi connectivity index (χ0) is 20.9. The van der Waals surface area contributed by atoms with Crippen molar-refractivity contribution in [3.8, 4) is 5.75 Å². The van der Waals surface area contributed by atoms with Gasteiger partial charge in [-0.05, 0) is 55.2 Å². The predicted octanol–water partition coefficient (Wildman–Crippen LogP) is 1.90. The summed E-state index contributed by atoms with van der Waals surface area (Å²) < 4.78 is 0. The van der Waals surface area contributed by atoms with Gasteiger partial charge < -0.3 is 24.9 Å². The highest BCUT2D eigenvalue weighted by atomic mass is 16.3. The number of carbonyl (C=O) groups excluding carboxylic acids is 2. The minimum atomic E-state index is -1.15. The van der Waals surface area contributed by atoms with Crippen molar-refractivity contribution in [2.75, 3.05) is 37.6 Å². The Hall–Kier alpha value is -3.06. The summed E-state index contributed by atoms with van der Waals surface area (Å²) in [6.07, 6.45) is 1.95. The smallest absolute Gasteiger partial charge is 0.254 e. The molecule has 2 N–H and O–H groups in total. The number of aliphatic hydroxyl groups is 1. The van der Waals surface area contributed by atoms with Gasteiger partial charge >= 0.3 is 0 Å². The topological polar surface area (TPSA) is 84.3 Å². The SMILES string of the molecule is O=C(c1ccc(N2CCc3cccc(O)c32)cc1)N1CCN(C(=O)C2(O)CC2)CC1. The monoisotopic (exact) mass is 407 g/mol. The van der Waals surface area contributed by atoms with E-state index >= 15 is 0 Å². The number of aromatic hydroxyl groups is 1. The minimum Gasteiger partial charge on any atom is -0.506 e. The number of rotatable bonds is 3. The highest BCUT2D eigenvalue weighted by Crippen LogP contribution is 2.41. The van der Waals surface area contributed by atoms with Crippen LogP contribution in [0.4, 0.5) is 11.4 Å². The van der Waals surface area contributed by atoms with Crippen LogP contribution in [0.1, 0.15) is 28.8 Å². The molecule has 2 amide bonds. The first-order valence-corrected chi connectivity index (χ1v) is 10.5. The van der Waals surface area contributed by atoms with E-state index < -0.39 is 5.60 Å². The lowest BCUT2D eigenvalue weighted by atomic mass is 10.1. The second-order valence-corrected chi connectivity index (χ2v) is 8.35. The number of hydrogen-bond acceptors (Lipinski definition) is 5. The number of fused-ring (bicyclic) bond motifs is 1. The molecule has 156 valence electrons. The second-order valence-electron chi connectivity index (χ2n) is 8.35. The molecule has 5 rings (SSSR count). The van der Waals surface area contributed by atoms with Gasteiger partial charge in [0, 0.05) is 44.0 Å². The molecule has 2 aromatic carbocycles. The normalized spacial score (nSPS) is 19.6. The van der Waals surface area contributed by atoms with Crippen molar-refractivity contribution in [3.63, 3.8) is 0 Å². The Kier molecular flexibility index (Phi) is 4.43. The van der Waals surface area contributed by atoms with E-state index in [0.717, 1.165) is 29.9 Å². The van der Waals surface area contributed by atoms with Gasteiger partial charge in [0.15, 0.2) is 0 Å². The van der Waals surface area contributed by atoms with Gasteiger partial charge in [0.1, 0.15) is 11.4 Å². The Labute approximate surface area is 175 Å². The van der Waals surface area contributed by atoms with Crippen molar-refractivity contribution >= 4 is 23.2 Å². The number of phenolic OH excluding ortho intramolecular Hbond substituents is 1. The average Bonchev–Trinajstić information content (AvgIpc) is 3.37. The maximum Gasteiger partial charge on any atom is 0.254 e. The molecular formula is C23H25N3O4. The van der Waals surface area contributed by atoms with E-state index in [1.165, 1.54) is 0 Å². The van der Waals surface area contributed by atoms with Gasteiger partial charge in [-0.25, -0.2) is 0 Å². The molecule has 2 aromatic rings. The number of phenols is 1. The Morgan fingerprint density at radius 2 is 1.53 bits per heavy atom. The lowest BCUT2D eigenvalue weighted by molar-refractivity contribution is -0.143. The van der Waals surface area contributed by atoms with Crippen LogP contribution in [0.25, 0.3) is 0 Å². The van der Waals surface area contributed by atoms with E-state index in [-0.39, 0.29) is 17.6 Å². The standard InChI is InChI=1S/C23H25N3O4/c27-19-3-1-2-16-8-11-26(20(16)19)18-6-4-17(5-7-18)21(28)24-12-14-25(15-13-24)22(29)23(30)9-10-23/h1-7,27,30H,8-15H2. The summed E-state index contributed by atoms with van der Waals surface area (Å²) >= 11 is 0. The number of anilines is 2. The van der Waals surface area contributed by atoms with Gasteiger partial charge in [-0.15, -0.1) is 0 Å². The Morgan fingerprint density at radius 3 is 2.20 bits per heavy atom. The fourth-order valence-corrected chi connectivity index (χ4v) is 4.40. The molecule has 0 radical (unpaired) electrons. The number of carbonyl (C=O) groups is 2. The summed E-state index contributed by atoms with van der Waals surface area (Å²) in [5, 5.41) is 20.3. The molecule has 1 saturated heterocycles. The van der Waals surface area contributed by atoms with E-state index in [1.54, 1.807) is 15.9 Å². The molecule has 0 spiro atoms. The number of hydrogen-bond donors (Lipinski definition) is 2. The fraction of sp³-hybridized carbons (Fsp3) is 0.391. The Bertz CT molecular complexity index is 992. The van der Waals surface area contributed by atoms with Crippen molar-refractivity contribution in [2.24, 2.45) is 0 Å². The molecule has 7 nitrogen and oxygen atoms in total. The molecule has 2 aliphatic heterocycles. The van der Waals surface area contributed by atoms with Crippen molar-refractivity contribution < 1.29 is 19.8 Å². The van der Waals surface area contributed by atoms with Crippen LogP contribution < -0.4 is 4.90 Å². The summed E-state index contributed by atoms with van der Waals surface area (Å²) in [7, 11) is 0. The van der Waals surface area contributed by atoms with Gasteiger partial charge in [-0.1, -0.05) is 12.1 Å². The molecule has 3 aliphatic rings. The van der Waals surface area contributed by atoms with Crippen molar-refractivity contribution in [1.29, 1.82) is 0 Å². The van der Waals surface area contributed by atoms with E-state index in [4.69, 9.17) is 0 Å². The third-order valence-corrected chi connectivity index (χ3v) is 6.37. The van der Waals surface area contributed by atoms with Gasteiger partial charge in [0.25, 0.3) is 11.8 Å². The van der Waals surface area contributed by atoms with E-state index in [2.05, 4.69) is 4.90 Å². The first-order valence-electron chi connectivity index (χ1n) is 10.5.